The highest BCUT2D eigenvalue weighted by molar-refractivity contribution is 6.01. The van der Waals surface area contributed by atoms with E-state index in [1.54, 1.807) is 0 Å². The number of hydrazone groups is 1. The Hall–Kier alpha value is -1.39. The molecule has 5 heteroatoms. The van der Waals surface area contributed by atoms with Crippen LogP contribution in [-0.4, -0.2) is 35.2 Å². The Morgan fingerprint density at radius 2 is 2.05 bits per heavy atom. The first kappa shape index (κ1) is 12.6. The largest absolute Gasteiger partial charge is 0.467 e. The monoisotopic (exact) mass is 264 g/mol. The number of nitrogens with zero attached hydrogens (tertiary/aromatic N) is 2. The molecular weight excluding hydrogens is 244 g/mol. The molecule has 3 aliphatic rings. The molecule has 0 aromatic heterocycles. The topological polar surface area (TPSA) is 59.0 Å². The van der Waals surface area contributed by atoms with Crippen molar-refractivity contribution in [2.24, 2.45) is 28.3 Å². The second-order valence-corrected chi connectivity index (χ2v) is 6.62. The van der Waals surface area contributed by atoms with Gasteiger partial charge in [0.15, 0.2) is 5.54 Å². The van der Waals surface area contributed by atoms with Gasteiger partial charge in [-0.2, -0.15) is 5.10 Å². The summed E-state index contributed by atoms with van der Waals surface area (Å²) in [7, 11) is 1.38. The molecule has 1 amide bonds. The van der Waals surface area contributed by atoms with Gasteiger partial charge in [0, 0.05) is 18.6 Å². The molecule has 0 aromatic rings. The van der Waals surface area contributed by atoms with Gasteiger partial charge in [-0.05, 0) is 30.6 Å². The van der Waals surface area contributed by atoms with Gasteiger partial charge in [0.2, 0.25) is 5.91 Å². The van der Waals surface area contributed by atoms with Crippen LogP contribution >= 0.6 is 0 Å². The molecule has 0 bridgehead atoms. The number of ether oxygens (including phenoxy) is 1. The molecule has 1 heterocycles. The molecule has 3 rings (SSSR count). The van der Waals surface area contributed by atoms with Crippen molar-refractivity contribution < 1.29 is 14.3 Å². The third kappa shape index (κ3) is 1.23. The molecule has 2 aliphatic carbocycles. The number of hydrogen-bond donors (Lipinski definition) is 0. The Balaban J connectivity index is 2.08. The summed E-state index contributed by atoms with van der Waals surface area (Å²) < 4.78 is 5.00. The number of carbonyl (C=O) groups excluding carboxylic acids is 2. The molecule has 0 radical (unpaired) electrons. The zero-order valence-electron chi connectivity index (χ0n) is 12.1. The van der Waals surface area contributed by atoms with E-state index in [1.807, 2.05) is 6.92 Å². The number of carbonyl (C=O) groups is 2. The van der Waals surface area contributed by atoms with Gasteiger partial charge in [0.1, 0.15) is 0 Å². The first-order valence-electron chi connectivity index (χ1n) is 6.72. The van der Waals surface area contributed by atoms with Crippen molar-refractivity contribution in [3.05, 3.63) is 0 Å². The highest BCUT2D eigenvalue weighted by Gasteiger charge is 2.78. The fourth-order valence-electron chi connectivity index (χ4n) is 4.56. The number of esters is 1. The number of hydrogen-bond acceptors (Lipinski definition) is 4. The van der Waals surface area contributed by atoms with E-state index in [1.165, 1.54) is 19.0 Å². The number of fused-ring (bicyclic) bond motifs is 3. The number of methoxy groups -OCH3 is 1. The summed E-state index contributed by atoms with van der Waals surface area (Å²) in [6.07, 6.45) is 0.669. The van der Waals surface area contributed by atoms with Crippen molar-refractivity contribution in [3.63, 3.8) is 0 Å². The van der Waals surface area contributed by atoms with Gasteiger partial charge in [-0.1, -0.05) is 13.8 Å². The summed E-state index contributed by atoms with van der Waals surface area (Å²) in [5, 5.41) is 5.73. The van der Waals surface area contributed by atoms with Crippen LogP contribution in [0.5, 0.6) is 0 Å². The highest BCUT2D eigenvalue weighted by atomic mass is 16.5. The van der Waals surface area contributed by atoms with E-state index in [2.05, 4.69) is 18.9 Å². The van der Waals surface area contributed by atoms with Crippen LogP contribution in [0.25, 0.3) is 0 Å². The fourth-order valence-corrected chi connectivity index (χ4v) is 4.56. The minimum Gasteiger partial charge on any atom is -0.467 e. The molecule has 2 fully saturated rings. The maximum absolute atomic E-state index is 12.4. The van der Waals surface area contributed by atoms with E-state index in [0.29, 0.717) is 18.3 Å². The third-order valence-electron chi connectivity index (χ3n) is 5.47. The Bertz CT molecular complexity index is 511. The lowest BCUT2D eigenvalue weighted by Gasteiger charge is -2.36. The Labute approximate surface area is 113 Å². The molecule has 4 atom stereocenters. The second-order valence-electron chi connectivity index (χ2n) is 6.62. The van der Waals surface area contributed by atoms with Crippen LogP contribution in [0.3, 0.4) is 0 Å². The van der Waals surface area contributed by atoms with E-state index in [9.17, 15) is 9.59 Å². The van der Waals surface area contributed by atoms with Crippen molar-refractivity contribution in [2.45, 2.75) is 39.7 Å². The van der Waals surface area contributed by atoms with E-state index in [-0.39, 0.29) is 23.2 Å². The molecule has 2 saturated carbocycles. The smallest absolute Gasteiger partial charge is 0.334 e. The second kappa shape index (κ2) is 3.38. The predicted octanol–water partition coefficient (Wildman–Crippen LogP) is 1.43. The minimum absolute atomic E-state index is 0.0175. The average molecular weight is 264 g/mol. The molecule has 104 valence electrons. The van der Waals surface area contributed by atoms with Crippen LogP contribution in [-0.2, 0) is 14.3 Å². The van der Waals surface area contributed by atoms with Crippen molar-refractivity contribution in [3.8, 4) is 0 Å². The lowest BCUT2D eigenvalue weighted by Crippen LogP contribution is -2.56. The normalized spacial score (nSPS) is 41.4. The summed E-state index contributed by atoms with van der Waals surface area (Å²) in [6, 6.07) is 0. The van der Waals surface area contributed by atoms with Crippen molar-refractivity contribution in [1.29, 1.82) is 0 Å². The van der Waals surface area contributed by atoms with E-state index < -0.39 is 5.54 Å². The minimum atomic E-state index is -0.879. The molecular formula is C14H20N2O3. The van der Waals surface area contributed by atoms with Gasteiger partial charge in [0.25, 0.3) is 0 Å². The first-order chi connectivity index (χ1) is 8.78. The van der Waals surface area contributed by atoms with Crippen LogP contribution in [0.2, 0.25) is 0 Å². The highest BCUT2D eigenvalue weighted by Crippen LogP contribution is 2.74. The zero-order chi connectivity index (χ0) is 14.2. The van der Waals surface area contributed by atoms with E-state index in [0.717, 1.165) is 5.71 Å². The van der Waals surface area contributed by atoms with Crippen molar-refractivity contribution in [2.75, 3.05) is 7.11 Å². The molecule has 0 spiro atoms. The van der Waals surface area contributed by atoms with Gasteiger partial charge >= 0.3 is 5.97 Å². The van der Waals surface area contributed by atoms with Gasteiger partial charge in [0.05, 0.1) is 7.11 Å². The molecule has 5 nitrogen and oxygen atoms in total. The van der Waals surface area contributed by atoms with Crippen LogP contribution in [0.1, 0.15) is 34.1 Å². The fraction of sp³-hybridized carbons (Fsp3) is 0.786. The van der Waals surface area contributed by atoms with E-state index in [4.69, 9.17) is 4.74 Å². The van der Waals surface area contributed by atoms with E-state index >= 15 is 0 Å². The van der Waals surface area contributed by atoms with Gasteiger partial charge in [-0.3, -0.25) is 4.79 Å². The van der Waals surface area contributed by atoms with Gasteiger partial charge < -0.3 is 4.74 Å². The molecule has 0 unspecified atom stereocenters. The summed E-state index contributed by atoms with van der Waals surface area (Å²) in [6.45, 7) is 7.83. The lowest BCUT2D eigenvalue weighted by molar-refractivity contribution is -0.162. The third-order valence-corrected chi connectivity index (χ3v) is 5.47. The van der Waals surface area contributed by atoms with Crippen LogP contribution in [0.4, 0.5) is 0 Å². The quantitative estimate of drug-likeness (QED) is 0.673. The first-order valence-corrected chi connectivity index (χ1v) is 6.72. The van der Waals surface area contributed by atoms with Crippen molar-refractivity contribution in [1.82, 2.24) is 5.01 Å². The standard InChI is InChI=1S/C14H20N2O3/c1-7-10-11-9(13(11,3)4)6-14(10,12(18)19-5)16(15-7)8(2)17/h9-11H,6H2,1-5H3/t9-,10-,11+,14+/m1/s1. The molecule has 0 aromatic carbocycles. The van der Waals surface area contributed by atoms with Crippen LogP contribution in [0, 0.1) is 23.2 Å². The summed E-state index contributed by atoms with van der Waals surface area (Å²) in [4.78, 5) is 24.2. The molecule has 0 N–H and O–H groups in total. The lowest BCUT2D eigenvalue weighted by atomic mass is 9.76. The number of amides is 1. The van der Waals surface area contributed by atoms with Crippen molar-refractivity contribution >= 4 is 17.6 Å². The number of rotatable bonds is 1. The summed E-state index contributed by atoms with van der Waals surface area (Å²) in [5.41, 5.74) is 0.250. The molecule has 0 saturated heterocycles. The molecule has 1 aliphatic heterocycles. The SMILES string of the molecule is COC(=O)[C@]12C[C@@H]3[C@@H]([C@H]1C(C)=NN2C(C)=O)C3(C)C. The van der Waals surface area contributed by atoms with Gasteiger partial charge in [-0.15, -0.1) is 0 Å². The predicted molar refractivity (Wildman–Crippen MR) is 69.2 cm³/mol. The van der Waals surface area contributed by atoms with Crippen LogP contribution < -0.4 is 0 Å². The Kier molecular flexibility index (Phi) is 2.25. The van der Waals surface area contributed by atoms with Gasteiger partial charge in [-0.25, -0.2) is 9.80 Å². The average Bonchev–Trinajstić information content (AvgIpc) is 2.70. The summed E-state index contributed by atoms with van der Waals surface area (Å²) >= 11 is 0. The zero-order valence-corrected chi connectivity index (χ0v) is 12.1. The Morgan fingerprint density at radius 3 is 2.58 bits per heavy atom. The van der Waals surface area contributed by atoms with Crippen LogP contribution in [0.15, 0.2) is 5.10 Å². The maximum Gasteiger partial charge on any atom is 0.334 e. The Morgan fingerprint density at radius 1 is 1.42 bits per heavy atom. The summed E-state index contributed by atoms with van der Waals surface area (Å²) in [5.74, 6) is 0.412. The maximum atomic E-state index is 12.4. The molecule has 19 heavy (non-hydrogen) atoms.